The van der Waals surface area contributed by atoms with E-state index in [1.807, 2.05) is 36.4 Å². The van der Waals surface area contributed by atoms with Gasteiger partial charge in [0.15, 0.2) is 8.03 Å². The predicted molar refractivity (Wildman–Crippen MR) is 117 cm³/mol. The summed E-state index contributed by atoms with van der Waals surface area (Å²) < 4.78 is 12.4. The van der Waals surface area contributed by atoms with E-state index in [0.29, 0.717) is 0 Å². The Kier molecular flexibility index (Phi) is 7.70. The number of hydrogen-bond acceptors (Lipinski definition) is 2. The Hall–Kier alpha value is -1.57. The van der Waals surface area contributed by atoms with Crippen molar-refractivity contribution in [1.82, 2.24) is 0 Å². The minimum atomic E-state index is -2.72. The van der Waals surface area contributed by atoms with Gasteiger partial charge in [0.25, 0.3) is 0 Å². The third-order valence-corrected chi connectivity index (χ3v) is 6.68. The molecule has 2 aromatic rings. The van der Waals surface area contributed by atoms with Crippen LogP contribution in [0.2, 0.25) is 0 Å². The maximum atomic E-state index is 12.4. The highest BCUT2D eigenvalue weighted by molar-refractivity contribution is 7.39. The van der Waals surface area contributed by atoms with Gasteiger partial charge in [-0.15, -0.1) is 0 Å². The number of hydrogen-bond donors (Lipinski definition) is 2. The molecule has 2 aromatic carbocycles. The minimum Gasteiger partial charge on any atom is -0.377 e. The van der Waals surface area contributed by atoms with Crippen LogP contribution in [-0.4, -0.2) is 10.6 Å². The molecule has 0 aromatic heterocycles. The van der Waals surface area contributed by atoms with Crippen LogP contribution in [0.5, 0.6) is 0 Å². The summed E-state index contributed by atoms with van der Waals surface area (Å²) in [5.74, 6) is 0.158. The van der Waals surface area contributed by atoms with Gasteiger partial charge in [-0.05, 0) is 28.5 Å². The summed E-state index contributed by atoms with van der Waals surface area (Å²) in [6, 6.07) is 18.2. The zero-order valence-corrected chi connectivity index (χ0v) is 18.2. The second-order valence-corrected chi connectivity index (χ2v) is 9.80. The third kappa shape index (κ3) is 5.70. The van der Waals surface area contributed by atoms with Crippen molar-refractivity contribution in [1.29, 1.82) is 0 Å². The molecule has 4 unspecified atom stereocenters. The molecular weight excluding hydrogens is 353 g/mol. The van der Waals surface area contributed by atoms with Crippen molar-refractivity contribution >= 4 is 13.7 Å². The molecule has 0 aliphatic rings. The first-order valence-electron chi connectivity index (χ1n) is 9.89. The molecule has 0 spiro atoms. The van der Waals surface area contributed by atoms with Gasteiger partial charge >= 0.3 is 0 Å². The molecule has 27 heavy (non-hydrogen) atoms. The number of anilines is 1. The highest BCUT2D eigenvalue weighted by Crippen LogP contribution is 2.43. The maximum absolute atomic E-state index is 12.4. The summed E-state index contributed by atoms with van der Waals surface area (Å²) in [6.07, 6.45) is 1.94. The van der Waals surface area contributed by atoms with Gasteiger partial charge in [-0.3, -0.25) is 4.57 Å². The van der Waals surface area contributed by atoms with Crippen LogP contribution in [0.25, 0.3) is 0 Å². The Morgan fingerprint density at radius 2 is 1.63 bits per heavy atom. The first-order chi connectivity index (χ1) is 12.8. The molecule has 2 rings (SSSR count). The average molecular weight is 388 g/mol. The second kappa shape index (κ2) is 9.57. The van der Waals surface area contributed by atoms with Gasteiger partial charge in [-0.25, -0.2) is 0 Å². The standard InChI is InChI=1S/C23H34NO2P/c1-6-12-17(2)22(27(25)26)21(18-13-8-7-9-14-18)24-20-16-11-10-15-19(20)23(3,4)5/h7-11,13-17,21-22,24,27H,6,12H2,1-5H3,(H,25,26). The van der Waals surface area contributed by atoms with Gasteiger partial charge in [-0.1, -0.05) is 96.0 Å². The molecule has 0 amide bonds. The smallest absolute Gasteiger partial charge is 0.194 e. The molecule has 4 atom stereocenters. The zero-order chi connectivity index (χ0) is 20.0. The van der Waals surface area contributed by atoms with Crippen LogP contribution < -0.4 is 5.32 Å². The fraction of sp³-hybridized carbons (Fsp3) is 0.478. The van der Waals surface area contributed by atoms with E-state index in [0.717, 1.165) is 24.1 Å². The van der Waals surface area contributed by atoms with E-state index in [4.69, 9.17) is 0 Å². The van der Waals surface area contributed by atoms with Crippen molar-refractivity contribution in [2.45, 2.75) is 64.6 Å². The van der Waals surface area contributed by atoms with Crippen molar-refractivity contribution in [3.63, 3.8) is 0 Å². The topological polar surface area (TPSA) is 49.3 Å². The first-order valence-corrected chi connectivity index (χ1v) is 11.3. The molecule has 0 saturated heterocycles. The molecule has 0 radical (unpaired) electrons. The first kappa shape index (κ1) is 21.7. The SMILES string of the molecule is CCCC(C)C(C(Nc1ccccc1C(C)(C)C)c1ccccc1)[PH](=O)O. The predicted octanol–water partition coefficient (Wildman–Crippen LogP) is 6.41. The fourth-order valence-corrected chi connectivity index (χ4v) is 5.04. The summed E-state index contributed by atoms with van der Waals surface area (Å²) in [4.78, 5) is 10.3. The number of nitrogens with one attached hydrogen (secondary N) is 1. The van der Waals surface area contributed by atoms with Crippen LogP contribution in [0.15, 0.2) is 54.6 Å². The van der Waals surface area contributed by atoms with Gasteiger partial charge in [-0.2, -0.15) is 0 Å². The van der Waals surface area contributed by atoms with Gasteiger partial charge < -0.3 is 10.2 Å². The summed E-state index contributed by atoms with van der Waals surface area (Å²) in [6.45, 7) is 10.8. The molecular formula is C23H34NO2P. The van der Waals surface area contributed by atoms with Crippen molar-refractivity contribution in [3.05, 3.63) is 65.7 Å². The van der Waals surface area contributed by atoms with Crippen molar-refractivity contribution in [2.24, 2.45) is 5.92 Å². The van der Waals surface area contributed by atoms with E-state index in [2.05, 4.69) is 58.1 Å². The van der Waals surface area contributed by atoms with Gasteiger partial charge in [0.1, 0.15) is 0 Å². The average Bonchev–Trinajstić information content (AvgIpc) is 2.61. The molecule has 0 saturated carbocycles. The molecule has 2 N–H and O–H groups in total. The molecule has 0 heterocycles. The van der Waals surface area contributed by atoms with Gasteiger partial charge in [0.05, 0.1) is 11.7 Å². The fourth-order valence-electron chi connectivity index (χ4n) is 3.82. The molecule has 0 fully saturated rings. The van der Waals surface area contributed by atoms with E-state index in [1.54, 1.807) is 0 Å². The zero-order valence-electron chi connectivity index (χ0n) is 17.2. The minimum absolute atomic E-state index is 0.0141. The Morgan fingerprint density at radius 1 is 1.04 bits per heavy atom. The monoisotopic (exact) mass is 387 g/mol. The van der Waals surface area contributed by atoms with E-state index in [9.17, 15) is 9.46 Å². The summed E-state index contributed by atoms with van der Waals surface area (Å²) in [5, 5.41) is 3.66. The van der Waals surface area contributed by atoms with Crippen LogP contribution in [-0.2, 0) is 9.98 Å². The Balaban J connectivity index is 2.50. The normalized spacial score (nSPS) is 16.4. The summed E-state index contributed by atoms with van der Waals surface area (Å²) >= 11 is 0. The Morgan fingerprint density at radius 3 is 2.19 bits per heavy atom. The molecule has 148 valence electrons. The van der Waals surface area contributed by atoms with Crippen LogP contribution in [0.4, 0.5) is 5.69 Å². The highest BCUT2D eigenvalue weighted by Gasteiger charge is 2.33. The number of rotatable bonds is 8. The number of para-hydroxylation sites is 1. The van der Waals surface area contributed by atoms with Crippen LogP contribution in [0.3, 0.4) is 0 Å². The molecule has 0 bridgehead atoms. The second-order valence-electron chi connectivity index (χ2n) is 8.46. The number of benzene rings is 2. The van der Waals surface area contributed by atoms with Crippen molar-refractivity contribution < 1.29 is 9.46 Å². The molecule has 3 nitrogen and oxygen atoms in total. The highest BCUT2D eigenvalue weighted by atomic mass is 31.1. The Bertz CT molecular complexity index is 740. The van der Waals surface area contributed by atoms with Gasteiger partial charge in [0.2, 0.25) is 0 Å². The summed E-state index contributed by atoms with van der Waals surface area (Å²) in [5.41, 5.74) is 2.98. The third-order valence-electron chi connectivity index (χ3n) is 5.21. The Labute approximate surface area is 165 Å². The van der Waals surface area contributed by atoms with E-state index >= 15 is 0 Å². The van der Waals surface area contributed by atoms with Gasteiger partial charge in [0, 0.05) is 5.69 Å². The van der Waals surface area contributed by atoms with E-state index < -0.39 is 8.03 Å². The lowest BCUT2D eigenvalue weighted by molar-refractivity contribution is 0.409. The quantitative estimate of drug-likeness (QED) is 0.515. The van der Waals surface area contributed by atoms with E-state index in [-0.39, 0.29) is 23.0 Å². The van der Waals surface area contributed by atoms with Crippen LogP contribution in [0.1, 0.15) is 64.6 Å². The lowest BCUT2D eigenvalue weighted by Gasteiger charge is -2.33. The lowest BCUT2D eigenvalue weighted by Crippen LogP contribution is -2.30. The van der Waals surface area contributed by atoms with Crippen LogP contribution in [0, 0.1) is 5.92 Å². The van der Waals surface area contributed by atoms with Crippen molar-refractivity contribution in [2.75, 3.05) is 5.32 Å². The maximum Gasteiger partial charge on any atom is 0.194 e. The molecule has 4 heteroatoms. The molecule has 0 aliphatic heterocycles. The van der Waals surface area contributed by atoms with E-state index in [1.165, 1.54) is 5.56 Å². The van der Waals surface area contributed by atoms with Crippen LogP contribution >= 0.6 is 8.03 Å². The van der Waals surface area contributed by atoms with Crippen molar-refractivity contribution in [3.8, 4) is 0 Å². The lowest BCUT2D eigenvalue weighted by atomic mass is 9.85. The molecule has 0 aliphatic carbocycles. The summed E-state index contributed by atoms with van der Waals surface area (Å²) in [7, 11) is -2.72. The largest absolute Gasteiger partial charge is 0.377 e.